The van der Waals surface area contributed by atoms with Crippen LogP contribution in [0.4, 0.5) is 13.2 Å². The number of carboxylic acid groups (broad SMARTS) is 1. The van der Waals surface area contributed by atoms with Gasteiger partial charge in [0.25, 0.3) is 0 Å². The number of halogens is 3. The van der Waals surface area contributed by atoms with Crippen LogP contribution < -0.4 is 11.1 Å². The van der Waals surface area contributed by atoms with Gasteiger partial charge in [-0.05, 0) is 13.0 Å². The van der Waals surface area contributed by atoms with Crippen molar-refractivity contribution in [2.24, 2.45) is 11.7 Å². The van der Waals surface area contributed by atoms with Crippen LogP contribution in [-0.2, 0) is 9.59 Å². The summed E-state index contributed by atoms with van der Waals surface area (Å²) in [6.45, 7) is 1.71. The number of aliphatic carboxylic acids is 1. The van der Waals surface area contributed by atoms with Crippen LogP contribution in [-0.4, -0.2) is 36.2 Å². The van der Waals surface area contributed by atoms with Crippen LogP contribution in [0.3, 0.4) is 0 Å². The Hall–Kier alpha value is -1.31. The van der Waals surface area contributed by atoms with Gasteiger partial charge in [-0.15, -0.1) is 0 Å². The Morgan fingerprint density at radius 3 is 2.00 bits per heavy atom. The molecule has 0 saturated carbocycles. The third kappa shape index (κ3) is 5.89. The number of rotatable bonds is 1. The van der Waals surface area contributed by atoms with Gasteiger partial charge >= 0.3 is 12.1 Å². The van der Waals surface area contributed by atoms with Crippen molar-refractivity contribution in [2.45, 2.75) is 12.6 Å². The van der Waals surface area contributed by atoms with Crippen molar-refractivity contribution in [3.8, 4) is 0 Å². The minimum atomic E-state index is -5.08. The molecule has 88 valence electrons. The second-order valence-electron chi connectivity index (χ2n) is 2.90. The molecule has 1 rings (SSSR count). The van der Waals surface area contributed by atoms with E-state index in [2.05, 4.69) is 5.32 Å². The zero-order valence-corrected chi connectivity index (χ0v) is 7.67. The van der Waals surface area contributed by atoms with Crippen molar-refractivity contribution >= 4 is 11.9 Å². The molecule has 0 aromatic rings. The Morgan fingerprint density at radius 1 is 1.40 bits per heavy atom. The normalized spacial score (nSPS) is 20.3. The number of primary amides is 1. The number of carbonyl (C=O) groups is 2. The van der Waals surface area contributed by atoms with E-state index < -0.39 is 12.1 Å². The fourth-order valence-electron chi connectivity index (χ4n) is 0.897. The van der Waals surface area contributed by atoms with Gasteiger partial charge in [-0.2, -0.15) is 13.2 Å². The summed E-state index contributed by atoms with van der Waals surface area (Å²) in [6, 6.07) is 0. The monoisotopic (exact) mass is 228 g/mol. The maximum absolute atomic E-state index is 10.6. The highest BCUT2D eigenvalue weighted by molar-refractivity contribution is 5.77. The third-order valence-corrected chi connectivity index (χ3v) is 1.71. The van der Waals surface area contributed by atoms with Gasteiger partial charge in [-0.1, -0.05) is 0 Å². The zero-order chi connectivity index (χ0) is 12.1. The smallest absolute Gasteiger partial charge is 0.475 e. The van der Waals surface area contributed by atoms with E-state index in [1.807, 2.05) is 0 Å². The number of alkyl halides is 3. The summed E-state index contributed by atoms with van der Waals surface area (Å²) >= 11 is 0. The van der Waals surface area contributed by atoms with Crippen LogP contribution in [0.15, 0.2) is 0 Å². The summed E-state index contributed by atoms with van der Waals surface area (Å²) in [5, 5.41) is 10.2. The SMILES string of the molecule is NC(=O)C1CCNC1.O=C(O)C(F)(F)F. The first-order valence-electron chi connectivity index (χ1n) is 4.05. The van der Waals surface area contributed by atoms with Gasteiger partial charge in [0.1, 0.15) is 0 Å². The van der Waals surface area contributed by atoms with Gasteiger partial charge in [0.2, 0.25) is 5.91 Å². The summed E-state index contributed by atoms with van der Waals surface area (Å²) in [6.07, 6.45) is -4.17. The highest BCUT2D eigenvalue weighted by Gasteiger charge is 2.38. The molecule has 1 saturated heterocycles. The van der Waals surface area contributed by atoms with Crippen molar-refractivity contribution in [3.63, 3.8) is 0 Å². The number of carboxylic acids is 1. The largest absolute Gasteiger partial charge is 0.490 e. The highest BCUT2D eigenvalue weighted by Crippen LogP contribution is 2.13. The summed E-state index contributed by atoms with van der Waals surface area (Å²) in [4.78, 5) is 19.3. The quantitative estimate of drug-likeness (QED) is 0.575. The fourth-order valence-corrected chi connectivity index (χ4v) is 0.897. The maximum atomic E-state index is 10.6. The van der Waals surface area contributed by atoms with Crippen LogP contribution in [0, 0.1) is 5.92 Å². The average molecular weight is 228 g/mol. The molecule has 15 heavy (non-hydrogen) atoms. The van der Waals surface area contributed by atoms with Crippen molar-refractivity contribution in [1.29, 1.82) is 0 Å². The van der Waals surface area contributed by atoms with E-state index >= 15 is 0 Å². The van der Waals surface area contributed by atoms with Gasteiger partial charge in [0, 0.05) is 6.54 Å². The first kappa shape index (κ1) is 13.7. The predicted octanol–water partition coefficient (Wildman–Crippen LogP) is -0.286. The Balaban J connectivity index is 0.000000265. The molecule has 0 aromatic heterocycles. The summed E-state index contributed by atoms with van der Waals surface area (Å²) in [5.41, 5.74) is 5.02. The Bertz CT molecular complexity index is 236. The van der Waals surface area contributed by atoms with Crippen molar-refractivity contribution < 1.29 is 27.9 Å². The summed E-state index contributed by atoms with van der Waals surface area (Å²) in [7, 11) is 0. The molecule has 1 heterocycles. The minimum absolute atomic E-state index is 0.0926. The molecule has 0 spiro atoms. The first-order chi connectivity index (χ1) is 6.75. The molecule has 4 N–H and O–H groups in total. The molecule has 0 aliphatic carbocycles. The lowest BCUT2D eigenvalue weighted by atomic mass is 10.1. The second-order valence-corrected chi connectivity index (χ2v) is 2.90. The van der Waals surface area contributed by atoms with Crippen LogP contribution in [0.2, 0.25) is 0 Å². The van der Waals surface area contributed by atoms with E-state index in [4.69, 9.17) is 15.6 Å². The second kappa shape index (κ2) is 5.54. The van der Waals surface area contributed by atoms with Gasteiger partial charge in [0.15, 0.2) is 0 Å². The van der Waals surface area contributed by atoms with Crippen LogP contribution in [0.1, 0.15) is 6.42 Å². The minimum Gasteiger partial charge on any atom is -0.475 e. The van der Waals surface area contributed by atoms with E-state index in [9.17, 15) is 18.0 Å². The van der Waals surface area contributed by atoms with Crippen LogP contribution in [0.5, 0.6) is 0 Å². The number of amides is 1. The van der Waals surface area contributed by atoms with Crippen molar-refractivity contribution in [3.05, 3.63) is 0 Å². The zero-order valence-electron chi connectivity index (χ0n) is 7.67. The molecule has 1 unspecified atom stereocenters. The van der Waals surface area contributed by atoms with Crippen molar-refractivity contribution in [1.82, 2.24) is 5.32 Å². The van der Waals surface area contributed by atoms with E-state index in [1.54, 1.807) is 0 Å². The van der Waals surface area contributed by atoms with E-state index in [0.717, 1.165) is 19.5 Å². The molecule has 1 fully saturated rings. The van der Waals surface area contributed by atoms with Crippen molar-refractivity contribution in [2.75, 3.05) is 13.1 Å². The van der Waals surface area contributed by atoms with Gasteiger partial charge in [-0.25, -0.2) is 4.79 Å². The number of carbonyl (C=O) groups excluding carboxylic acids is 1. The number of hydrogen-bond donors (Lipinski definition) is 3. The fraction of sp³-hybridized carbons (Fsp3) is 0.714. The van der Waals surface area contributed by atoms with Gasteiger partial charge in [0.05, 0.1) is 5.92 Å². The molecule has 8 heteroatoms. The standard InChI is InChI=1S/C5H10N2O.C2HF3O2/c6-5(8)4-1-2-7-3-4;3-2(4,5)1(6)7/h4,7H,1-3H2,(H2,6,8);(H,6,7). The number of nitrogens with one attached hydrogen (secondary N) is 1. The molecule has 1 atom stereocenters. The molecular formula is C7H11F3N2O3. The third-order valence-electron chi connectivity index (χ3n) is 1.71. The lowest BCUT2D eigenvalue weighted by Gasteiger charge is -1.98. The Kier molecular flexibility index (Phi) is 5.06. The topological polar surface area (TPSA) is 92.4 Å². The lowest BCUT2D eigenvalue weighted by molar-refractivity contribution is -0.192. The lowest BCUT2D eigenvalue weighted by Crippen LogP contribution is -2.24. The molecule has 0 radical (unpaired) electrons. The molecule has 0 aromatic carbocycles. The molecule has 0 bridgehead atoms. The molecule has 1 amide bonds. The summed E-state index contributed by atoms with van der Waals surface area (Å²) < 4.78 is 31.7. The predicted molar refractivity (Wildman–Crippen MR) is 43.9 cm³/mol. The molecule has 5 nitrogen and oxygen atoms in total. The first-order valence-corrected chi connectivity index (χ1v) is 4.05. The number of hydrogen-bond acceptors (Lipinski definition) is 3. The Morgan fingerprint density at radius 2 is 1.87 bits per heavy atom. The van der Waals surface area contributed by atoms with E-state index in [-0.39, 0.29) is 11.8 Å². The molecule has 1 aliphatic heterocycles. The van der Waals surface area contributed by atoms with Crippen LogP contribution in [0.25, 0.3) is 0 Å². The molecule has 1 aliphatic rings. The average Bonchev–Trinajstić information content (AvgIpc) is 2.54. The van der Waals surface area contributed by atoms with Gasteiger partial charge in [-0.3, -0.25) is 4.79 Å². The van der Waals surface area contributed by atoms with Crippen LogP contribution >= 0.6 is 0 Å². The highest BCUT2D eigenvalue weighted by atomic mass is 19.4. The summed E-state index contributed by atoms with van der Waals surface area (Å²) in [5.74, 6) is -2.84. The Labute approximate surface area is 83.4 Å². The van der Waals surface area contributed by atoms with E-state index in [1.165, 1.54) is 0 Å². The molecular weight excluding hydrogens is 217 g/mol. The number of nitrogens with two attached hydrogens (primary N) is 1. The van der Waals surface area contributed by atoms with E-state index in [0.29, 0.717) is 0 Å². The maximum Gasteiger partial charge on any atom is 0.490 e. The van der Waals surface area contributed by atoms with Gasteiger partial charge < -0.3 is 16.2 Å².